The standard InChI is InChI=1S/C21H21BrN4O/c1-15-12-17(16(2)26(15)20-10-8-18(22)9-11-20)13-24-25-21(27)14-23-19-6-4-3-5-7-19/h3-13,23H,14H2,1-2H3,(H,25,27)/b24-13-. The Labute approximate surface area is 167 Å². The Hall–Kier alpha value is -2.86. The lowest BCUT2D eigenvalue weighted by molar-refractivity contribution is -0.119. The highest BCUT2D eigenvalue weighted by Gasteiger charge is 2.09. The second-order valence-corrected chi connectivity index (χ2v) is 7.07. The van der Waals surface area contributed by atoms with E-state index in [1.165, 1.54) is 0 Å². The van der Waals surface area contributed by atoms with Gasteiger partial charge in [-0.1, -0.05) is 34.1 Å². The highest BCUT2D eigenvalue weighted by molar-refractivity contribution is 9.10. The zero-order valence-electron chi connectivity index (χ0n) is 15.2. The summed E-state index contributed by atoms with van der Waals surface area (Å²) in [5, 5.41) is 7.14. The number of nitrogens with zero attached hydrogens (tertiary/aromatic N) is 2. The Morgan fingerprint density at radius 3 is 2.52 bits per heavy atom. The van der Waals surface area contributed by atoms with Crippen LogP contribution in [0.2, 0.25) is 0 Å². The highest BCUT2D eigenvalue weighted by atomic mass is 79.9. The number of hydrogen-bond donors (Lipinski definition) is 2. The Balaban J connectivity index is 1.63. The number of aromatic nitrogens is 1. The lowest BCUT2D eigenvalue weighted by Crippen LogP contribution is -2.25. The van der Waals surface area contributed by atoms with Crippen LogP contribution >= 0.6 is 15.9 Å². The number of anilines is 1. The van der Waals surface area contributed by atoms with E-state index in [-0.39, 0.29) is 12.5 Å². The zero-order chi connectivity index (χ0) is 19.2. The molecule has 27 heavy (non-hydrogen) atoms. The zero-order valence-corrected chi connectivity index (χ0v) is 16.8. The van der Waals surface area contributed by atoms with Gasteiger partial charge >= 0.3 is 0 Å². The van der Waals surface area contributed by atoms with Gasteiger partial charge < -0.3 is 9.88 Å². The molecule has 0 aliphatic heterocycles. The van der Waals surface area contributed by atoms with Crippen molar-refractivity contribution in [1.82, 2.24) is 9.99 Å². The molecule has 0 radical (unpaired) electrons. The number of hydrazone groups is 1. The van der Waals surface area contributed by atoms with E-state index >= 15 is 0 Å². The molecule has 1 amide bonds. The van der Waals surface area contributed by atoms with Gasteiger partial charge in [0.1, 0.15) is 0 Å². The highest BCUT2D eigenvalue weighted by Crippen LogP contribution is 2.21. The number of rotatable bonds is 6. The van der Waals surface area contributed by atoms with Gasteiger partial charge in [-0.15, -0.1) is 0 Å². The predicted molar refractivity (Wildman–Crippen MR) is 114 cm³/mol. The molecule has 6 heteroatoms. The molecule has 0 fully saturated rings. The monoisotopic (exact) mass is 424 g/mol. The summed E-state index contributed by atoms with van der Waals surface area (Å²) in [5.41, 5.74) is 7.68. The summed E-state index contributed by atoms with van der Waals surface area (Å²) in [6, 6.07) is 19.8. The van der Waals surface area contributed by atoms with E-state index in [1.54, 1.807) is 6.21 Å². The number of aryl methyl sites for hydroxylation is 1. The molecule has 3 rings (SSSR count). The van der Waals surface area contributed by atoms with Gasteiger partial charge in [-0.2, -0.15) is 5.10 Å². The fraction of sp³-hybridized carbons (Fsp3) is 0.143. The smallest absolute Gasteiger partial charge is 0.259 e. The average Bonchev–Trinajstić information content (AvgIpc) is 2.95. The van der Waals surface area contributed by atoms with Crippen LogP contribution < -0.4 is 10.7 Å². The van der Waals surface area contributed by atoms with E-state index in [1.807, 2.05) is 49.4 Å². The van der Waals surface area contributed by atoms with E-state index in [0.717, 1.165) is 32.8 Å². The van der Waals surface area contributed by atoms with Gasteiger partial charge in [-0.3, -0.25) is 4.79 Å². The average molecular weight is 425 g/mol. The van der Waals surface area contributed by atoms with Crippen molar-refractivity contribution in [3.63, 3.8) is 0 Å². The quantitative estimate of drug-likeness (QED) is 0.454. The molecule has 0 atom stereocenters. The second-order valence-electron chi connectivity index (χ2n) is 6.15. The maximum Gasteiger partial charge on any atom is 0.259 e. The van der Waals surface area contributed by atoms with Crippen molar-refractivity contribution < 1.29 is 4.79 Å². The first kappa shape index (κ1) is 18.9. The van der Waals surface area contributed by atoms with Gasteiger partial charge in [0.05, 0.1) is 12.8 Å². The molecule has 0 aliphatic carbocycles. The van der Waals surface area contributed by atoms with Crippen LogP contribution in [0.25, 0.3) is 5.69 Å². The molecule has 2 aromatic carbocycles. The minimum atomic E-state index is -0.197. The fourth-order valence-corrected chi connectivity index (χ4v) is 3.12. The number of benzene rings is 2. The minimum absolute atomic E-state index is 0.166. The van der Waals surface area contributed by atoms with Crippen LogP contribution in [0, 0.1) is 13.8 Å². The molecule has 0 spiro atoms. The van der Waals surface area contributed by atoms with Crippen molar-refractivity contribution in [1.29, 1.82) is 0 Å². The third-order valence-electron chi connectivity index (χ3n) is 4.17. The summed E-state index contributed by atoms with van der Waals surface area (Å²) >= 11 is 3.46. The molecule has 1 heterocycles. The molecule has 0 unspecified atom stereocenters. The van der Waals surface area contributed by atoms with Gasteiger partial charge in [-0.25, -0.2) is 5.43 Å². The van der Waals surface area contributed by atoms with Gasteiger partial charge in [0.25, 0.3) is 5.91 Å². The van der Waals surface area contributed by atoms with E-state index in [0.29, 0.717) is 0 Å². The molecule has 0 bridgehead atoms. The Bertz CT molecular complexity index is 946. The summed E-state index contributed by atoms with van der Waals surface area (Å²) in [5.74, 6) is -0.197. The number of carbonyl (C=O) groups excluding carboxylic acids is 1. The fourth-order valence-electron chi connectivity index (χ4n) is 2.86. The summed E-state index contributed by atoms with van der Waals surface area (Å²) in [7, 11) is 0. The summed E-state index contributed by atoms with van der Waals surface area (Å²) in [4.78, 5) is 11.9. The van der Waals surface area contributed by atoms with Gasteiger partial charge in [0.2, 0.25) is 0 Å². The van der Waals surface area contributed by atoms with Crippen LogP contribution in [-0.2, 0) is 4.79 Å². The van der Waals surface area contributed by atoms with E-state index in [4.69, 9.17) is 0 Å². The lowest BCUT2D eigenvalue weighted by atomic mass is 10.2. The van der Waals surface area contributed by atoms with E-state index in [9.17, 15) is 4.79 Å². The number of halogens is 1. The molecule has 138 valence electrons. The first-order valence-electron chi connectivity index (χ1n) is 8.60. The molecule has 0 saturated heterocycles. The molecule has 2 N–H and O–H groups in total. The maximum atomic E-state index is 11.9. The molecule has 3 aromatic rings. The molecular weight excluding hydrogens is 404 g/mol. The van der Waals surface area contributed by atoms with E-state index in [2.05, 4.69) is 61.5 Å². The first-order valence-corrected chi connectivity index (χ1v) is 9.39. The number of hydrogen-bond acceptors (Lipinski definition) is 3. The molecular formula is C21H21BrN4O. The van der Waals surface area contributed by atoms with E-state index < -0.39 is 0 Å². The van der Waals surface area contributed by atoms with Crippen LogP contribution in [0.3, 0.4) is 0 Å². The summed E-state index contributed by atoms with van der Waals surface area (Å²) < 4.78 is 3.20. The molecule has 1 aromatic heterocycles. The van der Waals surface area contributed by atoms with Crippen molar-refractivity contribution in [2.45, 2.75) is 13.8 Å². The normalized spacial score (nSPS) is 10.9. The SMILES string of the molecule is Cc1cc(/C=N\NC(=O)CNc2ccccc2)c(C)n1-c1ccc(Br)cc1. The summed E-state index contributed by atoms with van der Waals surface area (Å²) in [6.07, 6.45) is 1.68. The van der Waals surface area contributed by atoms with Crippen molar-refractivity contribution in [3.8, 4) is 5.69 Å². The van der Waals surface area contributed by atoms with Crippen LogP contribution in [-0.4, -0.2) is 23.2 Å². The van der Waals surface area contributed by atoms with Crippen LogP contribution in [0.4, 0.5) is 5.69 Å². The van der Waals surface area contributed by atoms with Gasteiger partial charge in [0, 0.05) is 32.8 Å². The van der Waals surface area contributed by atoms with Crippen LogP contribution in [0.15, 0.2) is 70.2 Å². The Morgan fingerprint density at radius 2 is 1.81 bits per heavy atom. The number of carbonyl (C=O) groups is 1. The van der Waals surface area contributed by atoms with Gasteiger partial charge in [0.15, 0.2) is 0 Å². The molecule has 5 nitrogen and oxygen atoms in total. The maximum absolute atomic E-state index is 11.9. The largest absolute Gasteiger partial charge is 0.376 e. The predicted octanol–water partition coefficient (Wildman–Crippen LogP) is 4.42. The molecule has 0 aliphatic rings. The third-order valence-corrected chi connectivity index (χ3v) is 4.70. The van der Waals surface area contributed by atoms with Gasteiger partial charge in [-0.05, 0) is 56.3 Å². The van der Waals surface area contributed by atoms with Crippen molar-refractivity contribution in [2.75, 3.05) is 11.9 Å². The first-order chi connectivity index (χ1) is 13.0. The third kappa shape index (κ3) is 4.86. The van der Waals surface area contributed by atoms with Crippen molar-refractivity contribution in [3.05, 3.63) is 82.1 Å². The second kappa shape index (κ2) is 8.68. The van der Waals surface area contributed by atoms with Crippen molar-refractivity contribution >= 4 is 33.7 Å². The molecule has 0 saturated carbocycles. The topological polar surface area (TPSA) is 58.4 Å². The van der Waals surface area contributed by atoms with Crippen LogP contribution in [0.5, 0.6) is 0 Å². The number of amides is 1. The number of para-hydroxylation sites is 1. The lowest BCUT2D eigenvalue weighted by Gasteiger charge is -2.09. The summed E-state index contributed by atoms with van der Waals surface area (Å²) in [6.45, 7) is 4.25. The Kier molecular flexibility index (Phi) is 6.08. The van der Waals surface area contributed by atoms with Crippen LogP contribution in [0.1, 0.15) is 17.0 Å². The Morgan fingerprint density at radius 1 is 1.11 bits per heavy atom. The minimum Gasteiger partial charge on any atom is -0.376 e. The number of nitrogens with one attached hydrogen (secondary N) is 2. The van der Waals surface area contributed by atoms with Crippen molar-refractivity contribution in [2.24, 2.45) is 5.10 Å².